The van der Waals surface area contributed by atoms with Gasteiger partial charge in [-0.1, -0.05) is 35.9 Å². The maximum atomic E-state index is 12.2. The Bertz CT molecular complexity index is 743. The summed E-state index contributed by atoms with van der Waals surface area (Å²) in [5, 5.41) is 3.07. The summed E-state index contributed by atoms with van der Waals surface area (Å²) >= 11 is 5.99. The number of hydrogen-bond acceptors (Lipinski definition) is 3. The van der Waals surface area contributed by atoms with Crippen molar-refractivity contribution in [3.63, 3.8) is 0 Å². The fourth-order valence-electron chi connectivity index (χ4n) is 2.05. The molecule has 23 heavy (non-hydrogen) atoms. The second-order valence-corrected chi connectivity index (χ2v) is 5.67. The molecule has 0 spiro atoms. The van der Waals surface area contributed by atoms with Gasteiger partial charge in [-0.05, 0) is 50.1 Å². The highest BCUT2D eigenvalue weighted by molar-refractivity contribution is 6.33. The minimum Gasteiger partial charge on any atom is -0.449 e. The van der Waals surface area contributed by atoms with Crippen LogP contribution in [0.4, 0.5) is 5.69 Å². The van der Waals surface area contributed by atoms with Gasteiger partial charge in [0.15, 0.2) is 6.10 Å². The van der Waals surface area contributed by atoms with Crippen LogP contribution in [0.2, 0.25) is 5.02 Å². The molecule has 1 unspecified atom stereocenters. The van der Waals surface area contributed by atoms with Crippen LogP contribution in [-0.2, 0) is 9.53 Å². The summed E-state index contributed by atoms with van der Waals surface area (Å²) in [4.78, 5) is 24.4. The number of rotatable bonds is 4. The van der Waals surface area contributed by atoms with E-state index in [4.69, 9.17) is 16.3 Å². The molecule has 1 amide bonds. The van der Waals surface area contributed by atoms with E-state index in [1.54, 1.807) is 36.4 Å². The van der Waals surface area contributed by atoms with E-state index in [-0.39, 0.29) is 0 Å². The maximum absolute atomic E-state index is 12.2. The lowest BCUT2D eigenvalue weighted by Gasteiger charge is -2.15. The van der Waals surface area contributed by atoms with E-state index in [1.165, 1.54) is 6.92 Å². The Morgan fingerprint density at radius 2 is 1.78 bits per heavy atom. The molecule has 0 aliphatic heterocycles. The lowest BCUT2D eigenvalue weighted by molar-refractivity contribution is -0.123. The van der Waals surface area contributed by atoms with Gasteiger partial charge in [-0.3, -0.25) is 4.79 Å². The largest absolute Gasteiger partial charge is 0.449 e. The lowest BCUT2D eigenvalue weighted by Crippen LogP contribution is -2.30. The highest BCUT2D eigenvalue weighted by atomic mass is 35.5. The van der Waals surface area contributed by atoms with Gasteiger partial charge in [0.25, 0.3) is 5.91 Å². The Labute approximate surface area is 140 Å². The molecule has 0 aliphatic rings. The number of para-hydroxylation sites is 1. The number of carbonyl (C=O) groups is 2. The zero-order chi connectivity index (χ0) is 17.0. The van der Waals surface area contributed by atoms with Gasteiger partial charge < -0.3 is 10.1 Å². The van der Waals surface area contributed by atoms with Crippen LogP contribution in [0.5, 0.6) is 0 Å². The summed E-state index contributed by atoms with van der Waals surface area (Å²) in [6, 6.07) is 12.3. The molecule has 0 radical (unpaired) electrons. The molecule has 2 rings (SSSR count). The number of hydrogen-bond donors (Lipinski definition) is 1. The Morgan fingerprint density at radius 3 is 2.48 bits per heavy atom. The van der Waals surface area contributed by atoms with Crippen LogP contribution >= 0.6 is 11.6 Å². The van der Waals surface area contributed by atoms with Crippen molar-refractivity contribution in [1.29, 1.82) is 0 Å². The standard InChI is InChI=1S/C18H18ClNO3/c1-11-7-6-8-14(12(11)2)18(22)23-13(3)17(21)20-16-10-5-4-9-15(16)19/h4-10,13H,1-3H3,(H,20,21). The van der Waals surface area contributed by atoms with E-state index in [2.05, 4.69) is 5.32 Å². The van der Waals surface area contributed by atoms with Crippen molar-refractivity contribution >= 4 is 29.2 Å². The molecule has 120 valence electrons. The number of ether oxygens (including phenoxy) is 1. The van der Waals surface area contributed by atoms with Gasteiger partial charge >= 0.3 is 5.97 Å². The van der Waals surface area contributed by atoms with Gasteiger partial charge in [0.05, 0.1) is 16.3 Å². The third kappa shape index (κ3) is 4.11. The molecule has 5 heteroatoms. The van der Waals surface area contributed by atoms with Crippen molar-refractivity contribution in [3.05, 3.63) is 64.2 Å². The van der Waals surface area contributed by atoms with Crippen molar-refractivity contribution in [2.24, 2.45) is 0 Å². The van der Waals surface area contributed by atoms with Crippen molar-refractivity contribution < 1.29 is 14.3 Å². The highest BCUT2D eigenvalue weighted by Crippen LogP contribution is 2.21. The molecule has 2 aromatic rings. The summed E-state index contributed by atoms with van der Waals surface area (Å²) in [7, 11) is 0. The normalized spacial score (nSPS) is 11.7. The number of benzene rings is 2. The van der Waals surface area contributed by atoms with Crippen molar-refractivity contribution in [2.75, 3.05) is 5.32 Å². The minimum atomic E-state index is -0.932. The predicted molar refractivity (Wildman–Crippen MR) is 90.9 cm³/mol. The first-order valence-electron chi connectivity index (χ1n) is 7.22. The fourth-order valence-corrected chi connectivity index (χ4v) is 2.23. The summed E-state index contributed by atoms with van der Waals surface area (Å²) < 4.78 is 5.25. The van der Waals surface area contributed by atoms with Crippen LogP contribution in [0.1, 0.15) is 28.4 Å². The van der Waals surface area contributed by atoms with E-state index in [0.717, 1.165) is 11.1 Å². The molecule has 0 aromatic heterocycles. The Morgan fingerprint density at radius 1 is 1.09 bits per heavy atom. The number of anilines is 1. The first kappa shape index (κ1) is 17.0. The van der Waals surface area contributed by atoms with Crippen LogP contribution in [0, 0.1) is 13.8 Å². The molecule has 1 atom stereocenters. The van der Waals surface area contributed by atoms with E-state index in [9.17, 15) is 9.59 Å². The van der Waals surface area contributed by atoms with Gasteiger partial charge in [-0.25, -0.2) is 4.79 Å². The molecule has 0 saturated carbocycles. The summed E-state index contributed by atoms with van der Waals surface area (Å²) in [5.41, 5.74) is 2.78. The Balaban J connectivity index is 2.05. The number of esters is 1. The summed E-state index contributed by atoms with van der Waals surface area (Å²) in [5.74, 6) is -0.954. The van der Waals surface area contributed by atoms with Gasteiger partial charge in [0.2, 0.25) is 0 Å². The average Bonchev–Trinajstić information content (AvgIpc) is 2.52. The van der Waals surface area contributed by atoms with E-state index in [1.807, 2.05) is 19.9 Å². The van der Waals surface area contributed by atoms with Crippen LogP contribution in [-0.4, -0.2) is 18.0 Å². The first-order chi connectivity index (χ1) is 10.9. The average molecular weight is 332 g/mol. The number of amides is 1. The van der Waals surface area contributed by atoms with Crippen molar-refractivity contribution in [2.45, 2.75) is 26.9 Å². The lowest BCUT2D eigenvalue weighted by atomic mass is 10.0. The van der Waals surface area contributed by atoms with E-state index >= 15 is 0 Å². The number of halogens is 1. The second-order valence-electron chi connectivity index (χ2n) is 5.26. The van der Waals surface area contributed by atoms with Gasteiger partial charge in [-0.2, -0.15) is 0 Å². The molecule has 1 N–H and O–H groups in total. The topological polar surface area (TPSA) is 55.4 Å². The summed E-state index contributed by atoms with van der Waals surface area (Å²) in [6.07, 6.45) is -0.932. The molecular weight excluding hydrogens is 314 g/mol. The van der Waals surface area contributed by atoms with Crippen molar-refractivity contribution in [1.82, 2.24) is 0 Å². The van der Waals surface area contributed by atoms with Gasteiger partial charge in [-0.15, -0.1) is 0 Å². The second kappa shape index (κ2) is 7.29. The zero-order valence-corrected chi connectivity index (χ0v) is 14.0. The highest BCUT2D eigenvalue weighted by Gasteiger charge is 2.21. The Kier molecular flexibility index (Phi) is 5.40. The third-order valence-corrected chi connectivity index (χ3v) is 3.94. The van der Waals surface area contributed by atoms with Crippen LogP contribution in [0.3, 0.4) is 0 Å². The van der Waals surface area contributed by atoms with Crippen molar-refractivity contribution in [3.8, 4) is 0 Å². The quantitative estimate of drug-likeness (QED) is 0.857. The van der Waals surface area contributed by atoms with Crippen LogP contribution < -0.4 is 5.32 Å². The molecule has 0 bridgehead atoms. The Hall–Kier alpha value is -2.33. The molecule has 0 aliphatic carbocycles. The molecule has 0 saturated heterocycles. The third-order valence-electron chi connectivity index (χ3n) is 3.61. The number of carbonyl (C=O) groups excluding carboxylic acids is 2. The van der Waals surface area contributed by atoms with E-state index in [0.29, 0.717) is 16.3 Å². The maximum Gasteiger partial charge on any atom is 0.339 e. The minimum absolute atomic E-state index is 0.425. The molecule has 0 fully saturated rings. The van der Waals surface area contributed by atoms with Crippen LogP contribution in [0.25, 0.3) is 0 Å². The fraction of sp³-hybridized carbons (Fsp3) is 0.222. The number of aryl methyl sites for hydroxylation is 1. The summed E-state index contributed by atoms with van der Waals surface area (Å²) in [6.45, 7) is 5.29. The van der Waals surface area contributed by atoms with Gasteiger partial charge in [0.1, 0.15) is 0 Å². The van der Waals surface area contributed by atoms with E-state index < -0.39 is 18.0 Å². The van der Waals surface area contributed by atoms with Gasteiger partial charge in [0, 0.05) is 0 Å². The van der Waals surface area contributed by atoms with Crippen LogP contribution in [0.15, 0.2) is 42.5 Å². The smallest absolute Gasteiger partial charge is 0.339 e. The SMILES string of the molecule is Cc1cccc(C(=O)OC(C)C(=O)Nc2ccccc2Cl)c1C. The molecule has 2 aromatic carbocycles. The monoisotopic (exact) mass is 331 g/mol. The number of nitrogens with one attached hydrogen (secondary N) is 1. The molecular formula is C18H18ClNO3. The zero-order valence-electron chi connectivity index (χ0n) is 13.2. The first-order valence-corrected chi connectivity index (χ1v) is 7.60. The molecule has 0 heterocycles. The molecule has 4 nitrogen and oxygen atoms in total. The predicted octanol–water partition coefficient (Wildman–Crippen LogP) is 4.14.